The van der Waals surface area contributed by atoms with Crippen LogP contribution in [0.2, 0.25) is 19.6 Å². The fourth-order valence-electron chi connectivity index (χ4n) is 1.85. The first-order valence-electron chi connectivity index (χ1n) is 5.59. The Balaban J connectivity index is 2.37. The van der Waals surface area contributed by atoms with Crippen LogP contribution in [0, 0.1) is 17.2 Å². The lowest BCUT2D eigenvalue weighted by molar-refractivity contribution is 0.501. The van der Waals surface area contributed by atoms with Crippen LogP contribution in [0.1, 0.15) is 26.2 Å². The average Bonchev–Trinajstić information content (AvgIpc) is 2.50. The molecule has 1 aliphatic rings. The molecule has 3 atom stereocenters. The summed E-state index contributed by atoms with van der Waals surface area (Å²) in [6, 6.07) is 2.98. The standard InChI is InChI=1S/C11H22N2Si/c1-9(14(2,3)4)13-11-6-5-10(7-11)8-12/h9-11,13H,5-7H2,1-4H3. The zero-order valence-corrected chi connectivity index (χ0v) is 10.8. The molecule has 0 spiro atoms. The second-order valence-corrected chi connectivity index (χ2v) is 11.2. The Morgan fingerprint density at radius 1 is 1.36 bits per heavy atom. The molecule has 0 radical (unpaired) electrons. The normalized spacial score (nSPS) is 29.9. The minimum Gasteiger partial charge on any atom is -0.314 e. The number of rotatable bonds is 3. The van der Waals surface area contributed by atoms with Crippen LogP contribution in [0.15, 0.2) is 0 Å². The van der Waals surface area contributed by atoms with E-state index in [1.807, 2.05) is 0 Å². The summed E-state index contributed by atoms with van der Waals surface area (Å²) in [6.45, 7) is 9.47. The van der Waals surface area contributed by atoms with E-state index in [0.717, 1.165) is 12.8 Å². The van der Waals surface area contributed by atoms with Gasteiger partial charge in [0.05, 0.1) is 14.1 Å². The number of nitriles is 1. The number of hydrogen-bond acceptors (Lipinski definition) is 2. The molecule has 1 N–H and O–H groups in total. The van der Waals surface area contributed by atoms with Gasteiger partial charge in [-0.3, -0.25) is 0 Å². The molecule has 3 unspecified atom stereocenters. The lowest BCUT2D eigenvalue weighted by atomic mass is 10.1. The van der Waals surface area contributed by atoms with Gasteiger partial charge in [-0.25, -0.2) is 0 Å². The quantitative estimate of drug-likeness (QED) is 0.727. The Morgan fingerprint density at radius 3 is 2.43 bits per heavy atom. The van der Waals surface area contributed by atoms with Crippen molar-refractivity contribution in [2.24, 2.45) is 5.92 Å². The van der Waals surface area contributed by atoms with E-state index in [1.54, 1.807) is 0 Å². The third-order valence-electron chi connectivity index (χ3n) is 3.40. The third-order valence-corrected chi connectivity index (χ3v) is 6.16. The molecule has 0 saturated heterocycles. The van der Waals surface area contributed by atoms with Crippen molar-refractivity contribution in [3.8, 4) is 6.07 Å². The number of hydrogen-bond donors (Lipinski definition) is 1. The summed E-state index contributed by atoms with van der Waals surface area (Å²) in [5.41, 5.74) is 0.657. The van der Waals surface area contributed by atoms with Gasteiger partial charge in [-0.15, -0.1) is 0 Å². The second kappa shape index (κ2) is 4.46. The minimum atomic E-state index is -1.05. The molecule has 1 rings (SSSR count). The van der Waals surface area contributed by atoms with Crippen LogP contribution in [0.4, 0.5) is 0 Å². The van der Waals surface area contributed by atoms with Crippen LogP contribution < -0.4 is 5.32 Å². The van der Waals surface area contributed by atoms with E-state index in [-0.39, 0.29) is 0 Å². The zero-order chi connectivity index (χ0) is 10.8. The molecule has 14 heavy (non-hydrogen) atoms. The van der Waals surface area contributed by atoms with Crippen molar-refractivity contribution >= 4 is 8.07 Å². The molecule has 0 amide bonds. The Labute approximate surface area is 88.7 Å². The maximum absolute atomic E-state index is 8.81. The molecule has 1 saturated carbocycles. The second-order valence-electron chi connectivity index (χ2n) is 5.59. The fraction of sp³-hybridized carbons (Fsp3) is 0.909. The highest BCUT2D eigenvalue weighted by molar-refractivity contribution is 6.77. The molecule has 0 aromatic carbocycles. The first kappa shape index (κ1) is 11.7. The van der Waals surface area contributed by atoms with Crippen molar-refractivity contribution in [3.05, 3.63) is 0 Å². The molecule has 1 aliphatic carbocycles. The van der Waals surface area contributed by atoms with Crippen LogP contribution in [-0.2, 0) is 0 Å². The van der Waals surface area contributed by atoms with Gasteiger partial charge in [-0.2, -0.15) is 5.26 Å². The van der Waals surface area contributed by atoms with Gasteiger partial charge in [-0.1, -0.05) is 26.6 Å². The van der Waals surface area contributed by atoms with Gasteiger partial charge in [0.25, 0.3) is 0 Å². The molecule has 80 valence electrons. The van der Waals surface area contributed by atoms with Gasteiger partial charge in [0.2, 0.25) is 0 Å². The van der Waals surface area contributed by atoms with E-state index >= 15 is 0 Å². The van der Waals surface area contributed by atoms with Gasteiger partial charge in [0, 0.05) is 12.0 Å². The first-order chi connectivity index (χ1) is 6.43. The molecule has 0 heterocycles. The van der Waals surface area contributed by atoms with Crippen molar-refractivity contribution in [2.75, 3.05) is 0 Å². The fourth-order valence-corrected chi connectivity index (χ4v) is 2.59. The van der Waals surface area contributed by atoms with Crippen LogP contribution in [-0.4, -0.2) is 19.8 Å². The zero-order valence-electron chi connectivity index (χ0n) is 9.80. The Morgan fingerprint density at radius 2 is 2.00 bits per heavy atom. The molecular weight excluding hydrogens is 188 g/mol. The molecule has 1 fully saturated rings. The highest BCUT2D eigenvalue weighted by atomic mass is 28.3. The number of nitrogens with one attached hydrogen (secondary N) is 1. The third kappa shape index (κ3) is 3.11. The van der Waals surface area contributed by atoms with Crippen molar-refractivity contribution in [1.29, 1.82) is 5.26 Å². The van der Waals surface area contributed by atoms with Crippen molar-refractivity contribution < 1.29 is 0 Å². The van der Waals surface area contributed by atoms with E-state index < -0.39 is 8.07 Å². The highest BCUT2D eigenvalue weighted by Crippen LogP contribution is 2.25. The summed E-state index contributed by atoms with van der Waals surface area (Å²) < 4.78 is 0. The monoisotopic (exact) mass is 210 g/mol. The molecule has 0 aromatic heterocycles. The molecule has 0 aliphatic heterocycles. The van der Waals surface area contributed by atoms with E-state index in [9.17, 15) is 0 Å². The molecule has 0 bridgehead atoms. The Kier molecular flexibility index (Phi) is 3.74. The lowest BCUT2D eigenvalue weighted by Crippen LogP contribution is -2.49. The van der Waals surface area contributed by atoms with Gasteiger partial charge in [0.15, 0.2) is 0 Å². The van der Waals surface area contributed by atoms with Crippen molar-refractivity contribution in [1.82, 2.24) is 5.32 Å². The van der Waals surface area contributed by atoms with E-state index in [4.69, 9.17) is 5.26 Å². The summed E-state index contributed by atoms with van der Waals surface area (Å²) >= 11 is 0. The highest BCUT2D eigenvalue weighted by Gasteiger charge is 2.29. The van der Waals surface area contributed by atoms with E-state index in [0.29, 0.717) is 17.6 Å². The average molecular weight is 210 g/mol. The Bertz CT molecular complexity index is 226. The largest absolute Gasteiger partial charge is 0.314 e. The smallest absolute Gasteiger partial charge is 0.0656 e. The van der Waals surface area contributed by atoms with Gasteiger partial charge in [0.1, 0.15) is 0 Å². The maximum Gasteiger partial charge on any atom is 0.0656 e. The number of nitrogens with zero attached hydrogens (tertiary/aromatic N) is 1. The predicted molar refractivity (Wildman–Crippen MR) is 62.7 cm³/mol. The topological polar surface area (TPSA) is 35.8 Å². The van der Waals surface area contributed by atoms with Crippen LogP contribution in [0.5, 0.6) is 0 Å². The van der Waals surface area contributed by atoms with Gasteiger partial charge in [-0.05, 0) is 24.9 Å². The first-order valence-corrected chi connectivity index (χ1v) is 9.17. The maximum atomic E-state index is 8.81. The van der Waals surface area contributed by atoms with Crippen molar-refractivity contribution in [3.63, 3.8) is 0 Å². The SMILES string of the molecule is CC(NC1CCC(C#N)C1)[Si](C)(C)C. The molecule has 0 aromatic rings. The predicted octanol–water partition coefficient (Wildman–Crippen LogP) is 2.53. The van der Waals surface area contributed by atoms with Gasteiger partial charge < -0.3 is 5.32 Å². The Hall–Kier alpha value is -0.333. The summed E-state index contributed by atoms with van der Waals surface area (Å²) in [4.78, 5) is 0. The van der Waals surface area contributed by atoms with E-state index in [1.165, 1.54) is 6.42 Å². The summed E-state index contributed by atoms with van der Waals surface area (Å²) in [6.07, 6.45) is 3.34. The summed E-state index contributed by atoms with van der Waals surface area (Å²) in [5.74, 6) is 0.307. The molecule has 2 nitrogen and oxygen atoms in total. The lowest BCUT2D eigenvalue weighted by Gasteiger charge is -2.29. The summed E-state index contributed by atoms with van der Waals surface area (Å²) in [5, 5.41) is 12.5. The van der Waals surface area contributed by atoms with Crippen LogP contribution in [0.25, 0.3) is 0 Å². The van der Waals surface area contributed by atoms with Crippen LogP contribution >= 0.6 is 0 Å². The van der Waals surface area contributed by atoms with Gasteiger partial charge >= 0.3 is 0 Å². The van der Waals surface area contributed by atoms with Crippen molar-refractivity contribution in [2.45, 2.75) is 57.5 Å². The van der Waals surface area contributed by atoms with E-state index in [2.05, 4.69) is 38.0 Å². The molecular formula is C11H22N2Si. The summed E-state index contributed by atoms with van der Waals surface area (Å²) in [7, 11) is -1.05. The minimum absolute atomic E-state index is 0.307. The molecule has 3 heteroatoms. The van der Waals surface area contributed by atoms with Crippen LogP contribution in [0.3, 0.4) is 0 Å².